The molecule has 0 heterocycles. The third kappa shape index (κ3) is 5.09. The van der Waals surface area contributed by atoms with Crippen LogP contribution in [0.4, 0.5) is 0 Å². The Morgan fingerprint density at radius 2 is 1.94 bits per heavy atom. The number of ketones is 1. The lowest BCUT2D eigenvalue weighted by Crippen LogP contribution is -2.25. The molecule has 0 saturated heterocycles. The van der Waals surface area contributed by atoms with E-state index in [1.807, 2.05) is 0 Å². The molecule has 3 nitrogen and oxygen atoms in total. The first-order valence-electron chi connectivity index (χ1n) is 7.21. The van der Waals surface area contributed by atoms with E-state index < -0.39 is 9.84 Å². The molecule has 0 bridgehead atoms. The fourth-order valence-corrected chi connectivity index (χ4v) is 3.74. The predicted octanol–water partition coefficient (Wildman–Crippen LogP) is 2.99. The minimum Gasteiger partial charge on any atom is -0.299 e. The molecule has 1 fully saturated rings. The molecule has 0 amide bonds. The van der Waals surface area contributed by atoms with E-state index in [1.165, 1.54) is 12.8 Å². The van der Waals surface area contributed by atoms with Gasteiger partial charge in [0.25, 0.3) is 0 Å². The quantitative estimate of drug-likeness (QED) is 0.717. The van der Waals surface area contributed by atoms with Crippen molar-refractivity contribution in [2.75, 3.05) is 11.5 Å². The summed E-state index contributed by atoms with van der Waals surface area (Å²) < 4.78 is 22.8. The Labute approximate surface area is 111 Å². The molecule has 1 rings (SSSR count). The molecule has 0 spiro atoms. The van der Waals surface area contributed by atoms with E-state index in [0.29, 0.717) is 24.5 Å². The van der Waals surface area contributed by atoms with E-state index in [9.17, 15) is 13.2 Å². The van der Waals surface area contributed by atoms with Gasteiger partial charge in [-0.25, -0.2) is 8.42 Å². The average molecular weight is 274 g/mol. The van der Waals surface area contributed by atoms with Gasteiger partial charge >= 0.3 is 0 Å². The third-order valence-corrected chi connectivity index (χ3v) is 5.81. The number of carbonyl (C=O) groups is 1. The van der Waals surface area contributed by atoms with Crippen LogP contribution < -0.4 is 0 Å². The summed E-state index contributed by atoms with van der Waals surface area (Å²) in [6, 6.07) is 0. The van der Waals surface area contributed by atoms with E-state index in [0.717, 1.165) is 19.3 Å². The zero-order valence-corrected chi connectivity index (χ0v) is 12.5. The lowest BCUT2D eigenvalue weighted by molar-refractivity contribution is -0.125. The molecule has 2 unspecified atom stereocenters. The van der Waals surface area contributed by atoms with E-state index in [1.54, 1.807) is 6.92 Å². The lowest BCUT2D eigenvalue weighted by atomic mass is 9.77. The second-order valence-corrected chi connectivity index (χ2v) is 7.94. The summed E-state index contributed by atoms with van der Waals surface area (Å²) in [5, 5.41) is 0. The van der Waals surface area contributed by atoms with Crippen molar-refractivity contribution in [3.05, 3.63) is 0 Å². The Hall–Kier alpha value is -0.380. The second kappa shape index (κ2) is 7.27. The topological polar surface area (TPSA) is 51.2 Å². The summed E-state index contributed by atoms with van der Waals surface area (Å²) in [6.07, 6.45) is 6.52. The van der Waals surface area contributed by atoms with Crippen molar-refractivity contribution < 1.29 is 13.2 Å². The Morgan fingerprint density at radius 1 is 1.22 bits per heavy atom. The van der Waals surface area contributed by atoms with Crippen molar-refractivity contribution in [2.24, 2.45) is 11.8 Å². The van der Waals surface area contributed by atoms with Gasteiger partial charge in [-0.05, 0) is 31.6 Å². The Balaban J connectivity index is 2.37. The highest BCUT2D eigenvalue weighted by Gasteiger charge is 2.27. The van der Waals surface area contributed by atoms with Crippen LogP contribution in [-0.4, -0.2) is 25.7 Å². The van der Waals surface area contributed by atoms with Gasteiger partial charge in [-0.2, -0.15) is 0 Å². The number of carbonyl (C=O) groups excluding carboxylic acids is 1. The van der Waals surface area contributed by atoms with Gasteiger partial charge in [-0.1, -0.05) is 26.7 Å². The minimum absolute atomic E-state index is 0.127. The van der Waals surface area contributed by atoms with Crippen LogP contribution in [0.1, 0.15) is 58.8 Å². The Morgan fingerprint density at radius 3 is 2.56 bits per heavy atom. The van der Waals surface area contributed by atoms with Gasteiger partial charge in [-0.15, -0.1) is 0 Å². The van der Waals surface area contributed by atoms with Crippen molar-refractivity contribution in [2.45, 2.75) is 58.8 Å². The fourth-order valence-electron chi connectivity index (χ4n) is 2.85. The molecule has 0 radical (unpaired) electrons. The SMILES string of the molecule is CCCC1CCC(=O)C(CCCS(=O)(=O)CC)C1. The number of hydrogen-bond donors (Lipinski definition) is 0. The van der Waals surface area contributed by atoms with Crippen LogP contribution in [0, 0.1) is 11.8 Å². The standard InChI is InChI=1S/C14H26O3S/c1-3-6-12-8-9-14(15)13(11-12)7-5-10-18(16,17)4-2/h12-13H,3-11H2,1-2H3. The molecule has 106 valence electrons. The molecule has 4 heteroatoms. The number of Topliss-reactive ketones (excluding diaryl/α,β-unsaturated/α-hetero) is 1. The van der Waals surface area contributed by atoms with E-state index in [2.05, 4.69) is 6.92 Å². The van der Waals surface area contributed by atoms with Crippen LogP contribution in [0.2, 0.25) is 0 Å². The first-order chi connectivity index (χ1) is 8.48. The maximum atomic E-state index is 11.8. The van der Waals surface area contributed by atoms with Crippen LogP contribution in [0.15, 0.2) is 0 Å². The zero-order valence-electron chi connectivity index (χ0n) is 11.7. The molecule has 0 aliphatic heterocycles. The highest BCUT2D eigenvalue weighted by molar-refractivity contribution is 7.91. The van der Waals surface area contributed by atoms with Gasteiger partial charge < -0.3 is 0 Å². The van der Waals surface area contributed by atoms with Crippen molar-refractivity contribution in [1.29, 1.82) is 0 Å². The normalized spacial score (nSPS) is 25.3. The maximum Gasteiger partial charge on any atom is 0.150 e. The summed E-state index contributed by atoms with van der Waals surface area (Å²) in [5.41, 5.74) is 0. The van der Waals surface area contributed by atoms with Crippen LogP contribution in [0.5, 0.6) is 0 Å². The molecule has 2 atom stereocenters. The van der Waals surface area contributed by atoms with Crippen LogP contribution >= 0.6 is 0 Å². The third-order valence-electron chi connectivity index (χ3n) is 4.02. The Bertz CT molecular complexity index is 359. The summed E-state index contributed by atoms with van der Waals surface area (Å²) >= 11 is 0. The highest BCUT2D eigenvalue weighted by Crippen LogP contribution is 2.32. The van der Waals surface area contributed by atoms with E-state index in [4.69, 9.17) is 0 Å². The number of rotatable bonds is 7. The molecule has 1 saturated carbocycles. The summed E-state index contributed by atoms with van der Waals surface area (Å²) in [4.78, 5) is 11.8. The minimum atomic E-state index is -2.87. The summed E-state index contributed by atoms with van der Waals surface area (Å²) in [6.45, 7) is 3.86. The summed E-state index contributed by atoms with van der Waals surface area (Å²) in [7, 11) is -2.87. The van der Waals surface area contributed by atoms with Gasteiger partial charge in [0.15, 0.2) is 0 Å². The van der Waals surface area contributed by atoms with Crippen LogP contribution in [0.3, 0.4) is 0 Å². The molecule has 0 N–H and O–H groups in total. The zero-order chi connectivity index (χ0) is 13.6. The van der Waals surface area contributed by atoms with Crippen molar-refractivity contribution in [3.63, 3.8) is 0 Å². The fraction of sp³-hybridized carbons (Fsp3) is 0.929. The maximum absolute atomic E-state index is 11.8. The van der Waals surface area contributed by atoms with E-state index in [-0.39, 0.29) is 17.4 Å². The molecule has 0 aromatic heterocycles. The summed E-state index contributed by atoms with van der Waals surface area (Å²) in [5.74, 6) is 1.62. The average Bonchev–Trinajstić information content (AvgIpc) is 2.33. The Kier molecular flexibility index (Phi) is 6.33. The van der Waals surface area contributed by atoms with Crippen LogP contribution in [-0.2, 0) is 14.6 Å². The highest BCUT2D eigenvalue weighted by atomic mass is 32.2. The van der Waals surface area contributed by atoms with Gasteiger partial charge in [-0.3, -0.25) is 4.79 Å². The molecular formula is C14H26O3S. The van der Waals surface area contributed by atoms with Crippen molar-refractivity contribution >= 4 is 15.6 Å². The largest absolute Gasteiger partial charge is 0.299 e. The van der Waals surface area contributed by atoms with Crippen LogP contribution in [0.25, 0.3) is 0 Å². The van der Waals surface area contributed by atoms with Gasteiger partial charge in [0.05, 0.1) is 5.75 Å². The van der Waals surface area contributed by atoms with E-state index >= 15 is 0 Å². The first kappa shape index (κ1) is 15.7. The predicted molar refractivity (Wildman–Crippen MR) is 74.3 cm³/mol. The molecule has 0 aromatic rings. The second-order valence-electron chi connectivity index (χ2n) is 5.47. The molecule has 0 aromatic carbocycles. The molecular weight excluding hydrogens is 248 g/mol. The van der Waals surface area contributed by atoms with Gasteiger partial charge in [0.1, 0.15) is 15.6 Å². The smallest absolute Gasteiger partial charge is 0.150 e. The van der Waals surface area contributed by atoms with Gasteiger partial charge in [0.2, 0.25) is 0 Å². The first-order valence-corrected chi connectivity index (χ1v) is 9.03. The van der Waals surface area contributed by atoms with Crippen molar-refractivity contribution in [1.82, 2.24) is 0 Å². The molecule has 18 heavy (non-hydrogen) atoms. The molecule has 1 aliphatic carbocycles. The number of sulfone groups is 1. The van der Waals surface area contributed by atoms with Crippen molar-refractivity contribution in [3.8, 4) is 0 Å². The van der Waals surface area contributed by atoms with Gasteiger partial charge in [0, 0.05) is 18.1 Å². The lowest BCUT2D eigenvalue weighted by Gasteiger charge is -2.27. The number of hydrogen-bond acceptors (Lipinski definition) is 3. The molecule has 1 aliphatic rings. The monoisotopic (exact) mass is 274 g/mol.